The van der Waals surface area contributed by atoms with Gasteiger partial charge < -0.3 is 9.80 Å². The number of pyridine rings is 1. The van der Waals surface area contributed by atoms with Crippen molar-refractivity contribution in [2.24, 2.45) is 5.92 Å². The molecule has 0 spiro atoms. The van der Waals surface area contributed by atoms with E-state index in [1.54, 1.807) is 22.8 Å². The van der Waals surface area contributed by atoms with Crippen LogP contribution in [0.1, 0.15) is 36.7 Å². The molecule has 1 amide bonds. The predicted molar refractivity (Wildman–Crippen MR) is 131 cm³/mol. The second kappa shape index (κ2) is 9.43. The zero-order chi connectivity index (χ0) is 26.5. The second-order valence-corrected chi connectivity index (χ2v) is 12.0. The van der Waals surface area contributed by atoms with Crippen LogP contribution in [0.2, 0.25) is 5.15 Å². The van der Waals surface area contributed by atoms with Gasteiger partial charge in [0.25, 0.3) is 0 Å². The van der Waals surface area contributed by atoms with Gasteiger partial charge in [0.15, 0.2) is 16.8 Å². The number of halogens is 4. The molecule has 0 aromatic carbocycles. The van der Waals surface area contributed by atoms with Gasteiger partial charge in [0.1, 0.15) is 9.84 Å². The van der Waals surface area contributed by atoms with Gasteiger partial charge >= 0.3 is 6.18 Å². The summed E-state index contributed by atoms with van der Waals surface area (Å²) in [6, 6.07) is 2.21. The molecule has 198 valence electrons. The van der Waals surface area contributed by atoms with E-state index in [1.807, 2.05) is 4.90 Å². The predicted octanol–water partition coefficient (Wildman–Crippen LogP) is 3.75. The Kier molecular flexibility index (Phi) is 6.55. The van der Waals surface area contributed by atoms with Crippen molar-refractivity contribution in [3.05, 3.63) is 47.1 Å². The number of sulfone groups is 1. The first-order valence-electron chi connectivity index (χ1n) is 11.7. The van der Waals surface area contributed by atoms with Gasteiger partial charge in [-0.2, -0.15) is 18.3 Å². The van der Waals surface area contributed by atoms with Crippen LogP contribution in [-0.4, -0.2) is 70.1 Å². The summed E-state index contributed by atoms with van der Waals surface area (Å²) in [6.07, 6.45) is -0.184. The molecular weight excluding hydrogens is 533 g/mol. The molecule has 0 saturated carbocycles. The van der Waals surface area contributed by atoms with Crippen molar-refractivity contribution in [3.63, 3.8) is 0 Å². The number of nitrogens with zero attached hydrogens (tertiary/aromatic N) is 6. The van der Waals surface area contributed by atoms with E-state index in [4.69, 9.17) is 11.6 Å². The van der Waals surface area contributed by atoms with Crippen molar-refractivity contribution in [1.29, 1.82) is 0 Å². The standard InChI is InChI=1S/C23H24ClF3N6O3S/c1-31(22(34)14-6-9-37(35,36)10-7-14)21(23(25,26)27)16-5-4-15(12-28-16)32-8-2-3-17-18(32)13-29-20-11-19(24)30-33(17)20/h4-5,11-14,21H,2-3,6-10H2,1H3/t21-/m0/s1. The highest BCUT2D eigenvalue weighted by Crippen LogP contribution is 2.39. The van der Waals surface area contributed by atoms with Crippen molar-refractivity contribution in [2.75, 3.05) is 30.0 Å². The van der Waals surface area contributed by atoms with Crippen LogP contribution in [0.25, 0.3) is 5.65 Å². The lowest BCUT2D eigenvalue weighted by Gasteiger charge is -2.34. The Balaban J connectivity index is 1.41. The van der Waals surface area contributed by atoms with Gasteiger partial charge in [0.2, 0.25) is 5.91 Å². The molecule has 0 N–H and O–H groups in total. The van der Waals surface area contributed by atoms with Crippen LogP contribution in [0.5, 0.6) is 0 Å². The van der Waals surface area contributed by atoms with E-state index in [2.05, 4.69) is 15.1 Å². The van der Waals surface area contributed by atoms with E-state index in [-0.39, 0.29) is 30.0 Å². The first kappa shape index (κ1) is 25.7. The van der Waals surface area contributed by atoms with Crippen molar-refractivity contribution in [1.82, 2.24) is 24.5 Å². The van der Waals surface area contributed by atoms with Gasteiger partial charge in [-0.3, -0.25) is 9.78 Å². The minimum Gasteiger partial charge on any atom is -0.337 e. The van der Waals surface area contributed by atoms with E-state index >= 15 is 0 Å². The van der Waals surface area contributed by atoms with Gasteiger partial charge in [0.05, 0.1) is 46.7 Å². The van der Waals surface area contributed by atoms with Crippen LogP contribution in [0, 0.1) is 5.92 Å². The topological polar surface area (TPSA) is 101 Å². The van der Waals surface area contributed by atoms with Crippen molar-refractivity contribution >= 4 is 44.4 Å². The maximum atomic E-state index is 14.1. The monoisotopic (exact) mass is 556 g/mol. The first-order chi connectivity index (χ1) is 17.4. The summed E-state index contributed by atoms with van der Waals surface area (Å²) < 4.78 is 67.4. The highest BCUT2D eigenvalue weighted by atomic mass is 35.5. The Labute approximate surface area is 216 Å². The number of hydrogen-bond donors (Lipinski definition) is 0. The Morgan fingerprint density at radius 1 is 1.19 bits per heavy atom. The number of alkyl halides is 3. The lowest BCUT2D eigenvalue weighted by molar-refractivity contribution is -0.191. The molecule has 0 unspecified atom stereocenters. The zero-order valence-electron chi connectivity index (χ0n) is 19.8. The van der Waals surface area contributed by atoms with E-state index in [0.29, 0.717) is 27.9 Å². The number of aromatic nitrogens is 4. The molecule has 1 atom stereocenters. The molecule has 14 heteroatoms. The third kappa shape index (κ3) is 4.98. The average molecular weight is 557 g/mol. The van der Waals surface area contributed by atoms with Gasteiger partial charge in [0, 0.05) is 25.6 Å². The van der Waals surface area contributed by atoms with Crippen LogP contribution >= 0.6 is 11.6 Å². The van der Waals surface area contributed by atoms with Crippen molar-refractivity contribution < 1.29 is 26.4 Å². The molecule has 2 aliphatic rings. The quantitative estimate of drug-likeness (QED) is 0.482. The largest absolute Gasteiger partial charge is 0.414 e. The fourth-order valence-electron chi connectivity index (χ4n) is 5.05. The van der Waals surface area contributed by atoms with E-state index in [1.165, 1.54) is 12.3 Å². The second-order valence-electron chi connectivity index (χ2n) is 9.34. The fourth-order valence-corrected chi connectivity index (χ4v) is 6.72. The molecule has 37 heavy (non-hydrogen) atoms. The smallest absolute Gasteiger partial charge is 0.337 e. The van der Waals surface area contributed by atoms with Crippen molar-refractivity contribution in [3.8, 4) is 0 Å². The fraction of sp³-hybridized carbons (Fsp3) is 0.478. The molecule has 3 aromatic heterocycles. The molecule has 3 aromatic rings. The van der Waals surface area contributed by atoms with Crippen LogP contribution in [-0.2, 0) is 21.1 Å². The Hall–Kier alpha value is -2.93. The van der Waals surface area contributed by atoms with E-state index in [0.717, 1.165) is 31.3 Å². The molecule has 5 rings (SSSR count). The SMILES string of the molecule is CN(C(=O)C1CCS(=O)(=O)CC1)[C@@H](c1ccc(N2CCCc3c2cnc2cc(Cl)nn32)cn1)C(F)(F)F. The third-order valence-corrected chi connectivity index (χ3v) is 8.83. The Bertz CT molecular complexity index is 1430. The number of carbonyl (C=O) groups is 1. The molecule has 0 bridgehead atoms. The van der Waals surface area contributed by atoms with Gasteiger partial charge in [-0.05, 0) is 37.8 Å². The number of anilines is 2. The van der Waals surface area contributed by atoms with Gasteiger partial charge in [-0.25, -0.2) is 17.9 Å². The molecule has 9 nitrogen and oxygen atoms in total. The molecule has 0 aliphatic carbocycles. The van der Waals surface area contributed by atoms with Crippen LogP contribution in [0.15, 0.2) is 30.6 Å². The lowest BCUT2D eigenvalue weighted by Crippen LogP contribution is -2.44. The van der Waals surface area contributed by atoms with Gasteiger partial charge in [-0.1, -0.05) is 11.6 Å². The van der Waals surface area contributed by atoms with E-state index in [9.17, 15) is 26.4 Å². The minimum absolute atomic E-state index is 0.0135. The minimum atomic E-state index is -4.77. The summed E-state index contributed by atoms with van der Waals surface area (Å²) in [4.78, 5) is 24.0. The third-order valence-electron chi connectivity index (χ3n) is 6.93. The summed E-state index contributed by atoms with van der Waals surface area (Å²) in [5.74, 6) is -1.92. The highest BCUT2D eigenvalue weighted by Gasteiger charge is 2.47. The lowest BCUT2D eigenvalue weighted by atomic mass is 9.99. The molecule has 1 saturated heterocycles. The molecule has 1 fully saturated rings. The molecular formula is C23H24ClF3N6O3S. The summed E-state index contributed by atoms with van der Waals surface area (Å²) in [5.41, 5.74) is 2.52. The number of carbonyl (C=O) groups excluding carboxylic acids is 1. The van der Waals surface area contributed by atoms with Crippen LogP contribution in [0.3, 0.4) is 0 Å². The molecule has 5 heterocycles. The Morgan fingerprint density at radius 2 is 1.92 bits per heavy atom. The number of amides is 1. The normalized spacial score (nSPS) is 19.0. The number of fused-ring (bicyclic) bond motifs is 3. The maximum Gasteiger partial charge on any atom is 0.414 e. The van der Waals surface area contributed by atoms with Gasteiger partial charge in [-0.15, -0.1) is 0 Å². The number of rotatable bonds is 4. The average Bonchev–Trinajstić information content (AvgIpc) is 3.24. The highest BCUT2D eigenvalue weighted by molar-refractivity contribution is 7.91. The maximum absolute atomic E-state index is 14.1. The molecule has 2 aliphatic heterocycles. The summed E-state index contributed by atoms with van der Waals surface area (Å²) in [5, 5.41) is 4.60. The van der Waals surface area contributed by atoms with Crippen molar-refractivity contribution in [2.45, 2.75) is 37.9 Å². The Morgan fingerprint density at radius 3 is 2.57 bits per heavy atom. The number of hydrogen-bond acceptors (Lipinski definition) is 7. The molecule has 0 radical (unpaired) electrons. The summed E-state index contributed by atoms with van der Waals surface area (Å²) in [7, 11) is -2.16. The van der Waals surface area contributed by atoms with E-state index < -0.39 is 33.9 Å². The number of aryl methyl sites for hydroxylation is 1. The van der Waals surface area contributed by atoms with Crippen LogP contribution in [0.4, 0.5) is 24.5 Å². The summed E-state index contributed by atoms with van der Waals surface area (Å²) in [6.45, 7) is 0.613. The van der Waals surface area contributed by atoms with Crippen LogP contribution < -0.4 is 4.90 Å². The zero-order valence-corrected chi connectivity index (χ0v) is 21.4. The first-order valence-corrected chi connectivity index (χ1v) is 13.9. The summed E-state index contributed by atoms with van der Waals surface area (Å²) >= 11 is 6.03.